The molecule has 2 saturated heterocycles. The van der Waals surface area contributed by atoms with Crippen molar-refractivity contribution in [1.29, 1.82) is 0 Å². The van der Waals surface area contributed by atoms with Gasteiger partial charge in [-0.05, 0) is 44.7 Å². The molecule has 9 heteroatoms. The molecule has 1 aromatic rings. The van der Waals surface area contributed by atoms with Crippen LogP contribution < -0.4 is 9.80 Å². The molecule has 1 aliphatic carbocycles. The number of hydrogen-bond donors (Lipinski definition) is 0. The van der Waals surface area contributed by atoms with Crippen LogP contribution in [0.3, 0.4) is 0 Å². The SMILES string of the molecule is CCOC(=O)C1CCN(c2ccc(N3C(=O)C4CCCCC4C3=O)cc2[N+](=O)[O-])CC1. The number of esters is 1. The summed E-state index contributed by atoms with van der Waals surface area (Å²) in [6.07, 6.45) is 4.36. The first kappa shape index (κ1) is 21.3. The first-order valence-electron chi connectivity index (χ1n) is 11.0. The van der Waals surface area contributed by atoms with Crippen LogP contribution >= 0.6 is 0 Å². The second-order valence-corrected chi connectivity index (χ2v) is 8.45. The van der Waals surface area contributed by atoms with Gasteiger partial charge in [0.1, 0.15) is 5.69 Å². The van der Waals surface area contributed by atoms with E-state index in [1.54, 1.807) is 19.1 Å². The van der Waals surface area contributed by atoms with Crippen LogP contribution in [0.15, 0.2) is 18.2 Å². The van der Waals surface area contributed by atoms with E-state index in [0.717, 1.165) is 17.7 Å². The van der Waals surface area contributed by atoms with Gasteiger partial charge >= 0.3 is 5.97 Å². The lowest BCUT2D eigenvalue weighted by Gasteiger charge is -2.32. The van der Waals surface area contributed by atoms with Crippen molar-refractivity contribution in [3.63, 3.8) is 0 Å². The number of hydrogen-bond acceptors (Lipinski definition) is 7. The predicted octanol–water partition coefficient (Wildman–Crippen LogP) is 3.05. The van der Waals surface area contributed by atoms with E-state index in [1.165, 1.54) is 6.07 Å². The van der Waals surface area contributed by atoms with Crippen LogP contribution in [-0.2, 0) is 19.1 Å². The maximum absolute atomic E-state index is 12.9. The molecule has 1 aromatic carbocycles. The summed E-state index contributed by atoms with van der Waals surface area (Å²) < 4.78 is 5.08. The molecule has 3 fully saturated rings. The molecule has 4 rings (SSSR count). The van der Waals surface area contributed by atoms with Crippen LogP contribution in [0, 0.1) is 27.9 Å². The van der Waals surface area contributed by atoms with Gasteiger partial charge in [-0.1, -0.05) is 12.8 Å². The molecule has 2 atom stereocenters. The predicted molar refractivity (Wildman–Crippen MR) is 113 cm³/mol. The van der Waals surface area contributed by atoms with Gasteiger partial charge in [0, 0.05) is 19.2 Å². The summed E-state index contributed by atoms with van der Waals surface area (Å²) >= 11 is 0. The van der Waals surface area contributed by atoms with Gasteiger partial charge in [0.15, 0.2) is 0 Å². The van der Waals surface area contributed by atoms with Crippen LogP contribution in [0.5, 0.6) is 0 Å². The molecule has 166 valence electrons. The highest BCUT2D eigenvalue weighted by atomic mass is 16.6. The van der Waals surface area contributed by atoms with Crippen molar-refractivity contribution in [2.24, 2.45) is 17.8 Å². The zero-order valence-electron chi connectivity index (χ0n) is 17.6. The number of rotatable bonds is 5. The fourth-order valence-corrected chi connectivity index (χ4v) is 5.10. The summed E-state index contributed by atoms with van der Waals surface area (Å²) in [4.78, 5) is 52.0. The quantitative estimate of drug-likeness (QED) is 0.306. The monoisotopic (exact) mass is 429 g/mol. The summed E-state index contributed by atoms with van der Waals surface area (Å²) in [6, 6.07) is 4.56. The summed E-state index contributed by atoms with van der Waals surface area (Å²) in [5.41, 5.74) is 0.566. The van der Waals surface area contributed by atoms with Gasteiger partial charge in [-0.3, -0.25) is 24.5 Å². The number of fused-ring (bicyclic) bond motifs is 1. The molecule has 0 N–H and O–H groups in total. The second-order valence-electron chi connectivity index (χ2n) is 8.45. The number of carbonyl (C=O) groups is 3. The third-order valence-electron chi connectivity index (χ3n) is 6.71. The topological polar surface area (TPSA) is 110 Å². The highest BCUT2D eigenvalue weighted by molar-refractivity contribution is 6.22. The number of amides is 2. The average molecular weight is 429 g/mol. The van der Waals surface area contributed by atoms with E-state index in [-0.39, 0.29) is 46.9 Å². The molecule has 2 aliphatic heterocycles. The van der Waals surface area contributed by atoms with Crippen molar-refractivity contribution in [3.8, 4) is 0 Å². The molecule has 2 heterocycles. The van der Waals surface area contributed by atoms with Crippen LogP contribution in [0.25, 0.3) is 0 Å². The summed E-state index contributed by atoms with van der Waals surface area (Å²) in [5.74, 6) is -1.51. The van der Waals surface area contributed by atoms with Gasteiger partial charge in [-0.15, -0.1) is 0 Å². The van der Waals surface area contributed by atoms with Gasteiger partial charge in [0.05, 0.1) is 35.0 Å². The van der Waals surface area contributed by atoms with Crippen molar-refractivity contribution < 1.29 is 24.0 Å². The zero-order chi connectivity index (χ0) is 22.1. The molecule has 0 bridgehead atoms. The summed E-state index contributed by atoms with van der Waals surface area (Å²) in [6.45, 7) is 3.09. The smallest absolute Gasteiger partial charge is 0.309 e. The lowest BCUT2D eigenvalue weighted by Crippen LogP contribution is -2.37. The molecule has 9 nitrogen and oxygen atoms in total. The first-order valence-corrected chi connectivity index (χ1v) is 11.0. The Balaban J connectivity index is 1.56. The third kappa shape index (κ3) is 3.88. The van der Waals surface area contributed by atoms with Crippen LogP contribution in [0.1, 0.15) is 45.4 Å². The van der Waals surface area contributed by atoms with Gasteiger partial charge in [-0.2, -0.15) is 0 Å². The lowest BCUT2D eigenvalue weighted by atomic mass is 9.81. The number of nitro groups is 1. The molecule has 31 heavy (non-hydrogen) atoms. The van der Waals surface area contributed by atoms with Gasteiger partial charge in [0.25, 0.3) is 5.69 Å². The van der Waals surface area contributed by atoms with E-state index in [2.05, 4.69) is 0 Å². The maximum Gasteiger partial charge on any atom is 0.309 e. The third-order valence-corrected chi connectivity index (χ3v) is 6.71. The Morgan fingerprint density at radius 1 is 1.10 bits per heavy atom. The standard InChI is InChI=1S/C22H27N3O6/c1-2-31-22(28)14-9-11-23(12-10-14)18-8-7-15(13-19(18)25(29)30)24-20(26)16-5-3-4-6-17(16)21(24)27/h7-8,13-14,16-17H,2-6,9-12H2,1H3. The zero-order valence-corrected chi connectivity index (χ0v) is 17.6. The number of nitro benzene ring substituents is 1. The molecule has 0 aromatic heterocycles. The number of imide groups is 1. The number of piperidine rings is 1. The number of benzene rings is 1. The fourth-order valence-electron chi connectivity index (χ4n) is 5.10. The van der Waals surface area contributed by atoms with E-state index >= 15 is 0 Å². The lowest BCUT2D eigenvalue weighted by molar-refractivity contribution is -0.384. The minimum atomic E-state index is -0.478. The van der Waals surface area contributed by atoms with Crippen molar-refractivity contribution in [1.82, 2.24) is 0 Å². The minimum Gasteiger partial charge on any atom is -0.466 e. The Labute approximate surface area is 180 Å². The molecular weight excluding hydrogens is 402 g/mol. The Hall–Kier alpha value is -2.97. The Morgan fingerprint density at radius 2 is 1.71 bits per heavy atom. The average Bonchev–Trinajstić information content (AvgIpc) is 3.04. The molecule has 1 saturated carbocycles. The van der Waals surface area contributed by atoms with E-state index in [9.17, 15) is 24.5 Å². The molecule has 0 radical (unpaired) electrons. The Morgan fingerprint density at radius 3 is 2.26 bits per heavy atom. The van der Waals surface area contributed by atoms with Crippen molar-refractivity contribution in [2.75, 3.05) is 29.5 Å². The van der Waals surface area contributed by atoms with Crippen LogP contribution in [-0.4, -0.2) is 42.4 Å². The number of anilines is 2. The van der Waals surface area contributed by atoms with E-state index in [4.69, 9.17) is 4.74 Å². The Kier molecular flexibility index (Phi) is 5.93. The number of nitrogens with zero attached hydrogens (tertiary/aromatic N) is 3. The number of carbonyl (C=O) groups excluding carboxylic acids is 3. The van der Waals surface area contributed by atoms with Gasteiger partial charge in [0.2, 0.25) is 11.8 Å². The first-order chi connectivity index (χ1) is 14.9. The molecular formula is C22H27N3O6. The molecule has 3 aliphatic rings. The van der Waals surface area contributed by atoms with Gasteiger partial charge < -0.3 is 9.64 Å². The van der Waals surface area contributed by atoms with Crippen molar-refractivity contribution >= 4 is 34.8 Å². The van der Waals surface area contributed by atoms with Gasteiger partial charge in [-0.25, -0.2) is 4.90 Å². The highest BCUT2D eigenvalue weighted by Crippen LogP contribution is 2.42. The van der Waals surface area contributed by atoms with Crippen LogP contribution in [0.2, 0.25) is 0 Å². The summed E-state index contributed by atoms with van der Waals surface area (Å²) in [7, 11) is 0. The normalized spacial score (nSPS) is 24.3. The van der Waals surface area contributed by atoms with Crippen molar-refractivity contribution in [2.45, 2.75) is 45.4 Å². The Bertz CT molecular complexity index is 885. The molecule has 2 unspecified atom stereocenters. The van der Waals surface area contributed by atoms with Crippen molar-refractivity contribution in [3.05, 3.63) is 28.3 Å². The largest absolute Gasteiger partial charge is 0.466 e. The van der Waals surface area contributed by atoms with E-state index in [0.29, 0.717) is 51.1 Å². The van der Waals surface area contributed by atoms with E-state index in [1.807, 2.05) is 4.90 Å². The van der Waals surface area contributed by atoms with Crippen LogP contribution in [0.4, 0.5) is 17.1 Å². The molecule has 2 amide bonds. The minimum absolute atomic E-state index is 0.137. The number of ether oxygens (including phenoxy) is 1. The fraction of sp³-hybridized carbons (Fsp3) is 0.591. The van der Waals surface area contributed by atoms with E-state index < -0.39 is 4.92 Å². The second kappa shape index (κ2) is 8.64. The maximum atomic E-state index is 12.9. The highest BCUT2D eigenvalue weighted by Gasteiger charge is 2.49. The summed E-state index contributed by atoms with van der Waals surface area (Å²) in [5, 5.41) is 11.8. The molecule has 0 spiro atoms.